The van der Waals surface area contributed by atoms with E-state index < -0.39 is 19.0 Å². The summed E-state index contributed by atoms with van der Waals surface area (Å²) in [5, 5.41) is 3.80. The lowest BCUT2D eigenvalue weighted by molar-refractivity contribution is 0.335. The van der Waals surface area contributed by atoms with Crippen LogP contribution in [-0.2, 0) is 9.09 Å². The van der Waals surface area contributed by atoms with Crippen molar-refractivity contribution in [2.24, 2.45) is 0 Å². The number of benzene rings is 3. The molecule has 29 heavy (non-hydrogen) atoms. The molecule has 1 N–H and O–H groups in total. The number of nitrogens with zero attached hydrogens (tertiary/aromatic N) is 1. The molecule has 0 unspecified atom stereocenters. The molecule has 3 rings (SSSR count). The fourth-order valence-electron chi connectivity index (χ4n) is 3.18. The van der Waals surface area contributed by atoms with Crippen LogP contribution in [0.25, 0.3) is 0 Å². The first-order valence-corrected chi connectivity index (χ1v) is 11.2. The Hall–Kier alpha value is -2.62. The third-order valence-electron chi connectivity index (χ3n) is 4.66. The van der Waals surface area contributed by atoms with Crippen LogP contribution < -0.4 is 15.5 Å². The van der Waals surface area contributed by atoms with Crippen LogP contribution in [0.5, 0.6) is 0 Å². The summed E-state index contributed by atoms with van der Waals surface area (Å²) in [5.41, 5.74) is 2.03. The number of para-hydroxylation sites is 1. The Bertz CT molecular complexity index is 978. The van der Waals surface area contributed by atoms with Crippen molar-refractivity contribution in [1.29, 1.82) is 0 Å². The number of halogens is 1. The van der Waals surface area contributed by atoms with Crippen LogP contribution in [0.4, 0.5) is 15.8 Å². The molecule has 2 atom stereocenters. The predicted molar refractivity (Wildman–Crippen MR) is 119 cm³/mol. The second-order valence-electron chi connectivity index (χ2n) is 6.86. The Morgan fingerprint density at radius 2 is 1.59 bits per heavy atom. The van der Waals surface area contributed by atoms with Crippen LogP contribution in [0.1, 0.15) is 18.3 Å². The molecule has 0 fully saturated rings. The third-order valence-corrected chi connectivity index (χ3v) is 7.41. The smallest absolute Gasteiger partial charge is 0.258 e. The molecular formula is C23H26FN2O2P. The summed E-state index contributed by atoms with van der Waals surface area (Å²) in [6.07, 6.45) is 0. The van der Waals surface area contributed by atoms with Gasteiger partial charge in [-0.2, -0.15) is 0 Å². The molecular weight excluding hydrogens is 386 g/mol. The van der Waals surface area contributed by atoms with Gasteiger partial charge in [-0.1, -0.05) is 36.4 Å². The van der Waals surface area contributed by atoms with E-state index in [0.29, 0.717) is 10.9 Å². The molecule has 0 bridgehead atoms. The lowest BCUT2D eigenvalue weighted by Gasteiger charge is -2.30. The van der Waals surface area contributed by atoms with E-state index in [-0.39, 0.29) is 6.61 Å². The minimum Gasteiger partial charge on any atom is -0.378 e. The van der Waals surface area contributed by atoms with Crippen LogP contribution in [0.15, 0.2) is 78.9 Å². The average Bonchev–Trinajstić information content (AvgIpc) is 2.73. The molecule has 0 aliphatic heterocycles. The van der Waals surface area contributed by atoms with E-state index >= 15 is 0 Å². The van der Waals surface area contributed by atoms with Gasteiger partial charge in [0.15, 0.2) is 0 Å². The number of hydrogen-bond acceptors (Lipinski definition) is 4. The summed E-state index contributed by atoms with van der Waals surface area (Å²) in [6, 6.07) is 23.1. The topological polar surface area (TPSA) is 41.6 Å². The molecule has 0 amide bonds. The Labute approximate surface area is 171 Å². The zero-order valence-corrected chi connectivity index (χ0v) is 17.8. The highest BCUT2D eigenvalue weighted by Crippen LogP contribution is 2.59. The van der Waals surface area contributed by atoms with Crippen LogP contribution >= 0.6 is 7.37 Å². The van der Waals surface area contributed by atoms with Crippen molar-refractivity contribution >= 4 is 24.0 Å². The highest BCUT2D eigenvalue weighted by atomic mass is 31.2. The molecule has 0 heterocycles. The maximum absolute atomic E-state index is 14.8. The van der Waals surface area contributed by atoms with Crippen LogP contribution in [0.2, 0.25) is 0 Å². The Morgan fingerprint density at radius 3 is 2.17 bits per heavy atom. The van der Waals surface area contributed by atoms with Gasteiger partial charge in [0.1, 0.15) is 11.6 Å². The molecule has 0 radical (unpaired) electrons. The minimum absolute atomic E-state index is 0.244. The van der Waals surface area contributed by atoms with Gasteiger partial charge in [0, 0.05) is 36.3 Å². The molecule has 0 spiro atoms. The maximum atomic E-state index is 14.8. The quantitative estimate of drug-likeness (QED) is 0.486. The molecule has 4 nitrogen and oxygen atoms in total. The number of anilines is 2. The van der Waals surface area contributed by atoms with Crippen molar-refractivity contribution in [2.45, 2.75) is 12.7 Å². The minimum atomic E-state index is -3.52. The van der Waals surface area contributed by atoms with Crippen LogP contribution in [0.3, 0.4) is 0 Å². The van der Waals surface area contributed by atoms with Crippen molar-refractivity contribution in [1.82, 2.24) is 0 Å². The summed E-state index contributed by atoms with van der Waals surface area (Å²) in [5.74, 6) is -1.29. The van der Waals surface area contributed by atoms with Gasteiger partial charge in [-0.05, 0) is 49.4 Å². The first kappa shape index (κ1) is 21.1. The zero-order chi connectivity index (χ0) is 20.9. The van der Waals surface area contributed by atoms with E-state index in [1.165, 1.54) is 6.07 Å². The van der Waals surface area contributed by atoms with Gasteiger partial charge in [-0.15, -0.1) is 0 Å². The standard InChI is InChI=1S/C23H26FN2O2P/c1-4-28-29(27,20-16-14-19(15-17-20)26(2)3)23(21-12-8-9-13-22(21)24)25-18-10-6-5-7-11-18/h5-17,23,25H,4H2,1-3H3/t23-,29-/m0/s1. The van der Waals surface area contributed by atoms with E-state index in [1.54, 1.807) is 37.3 Å². The molecule has 0 saturated carbocycles. The molecule has 6 heteroatoms. The molecule has 3 aromatic carbocycles. The summed E-state index contributed by atoms with van der Waals surface area (Å²) in [4.78, 5) is 1.96. The Balaban J connectivity index is 2.13. The van der Waals surface area contributed by atoms with Gasteiger partial charge in [-0.25, -0.2) is 4.39 Å². The van der Waals surface area contributed by atoms with Crippen molar-refractivity contribution in [3.05, 3.63) is 90.2 Å². The van der Waals surface area contributed by atoms with Crippen molar-refractivity contribution in [3.8, 4) is 0 Å². The second kappa shape index (κ2) is 9.25. The number of nitrogens with one attached hydrogen (secondary N) is 1. The van der Waals surface area contributed by atoms with Crippen molar-refractivity contribution < 1.29 is 13.5 Å². The van der Waals surface area contributed by atoms with Gasteiger partial charge in [0.05, 0.1) is 6.61 Å². The Kier molecular flexibility index (Phi) is 6.73. The van der Waals surface area contributed by atoms with E-state index in [2.05, 4.69) is 5.32 Å². The van der Waals surface area contributed by atoms with E-state index in [1.807, 2.05) is 61.5 Å². The maximum Gasteiger partial charge on any atom is 0.258 e. The van der Waals surface area contributed by atoms with Gasteiger partial charge in [0.25, 0.3) is 7.37 Å². The van der Waals surface area contributed by atoms with E-state index in [0.717, 1.165) is 11.4 Å². The molecule has 3 aromatic rings. The number of rotatable bonds is 8. The lowest BCUT2D eigenvalue weighted by atomic mass is 10.2. The average molecular weight is 412 g/mol. The fraction of sp³-hybridized carbons (Fsp3) is 0.217. The van der Waals surface area contributed by atoms with Crippen LogP contribution in [0, 0.1) is 5.82 Å². The summed E-state index contributed by atoms with van der Waals surface area (Å²) >= 11 is 0. The SMILES string of the molecule is CCO[P@@](=O)(c1ccc(N(C)C)cc1)[C@H](Nc1ccccc1)c1ccccc1F. The summed E-state index contributed by atoms with van der Waals surface area (Å²) in [7, 11) is 0.366. The first-order chi connectivity index (χ1) is 14.0. The summed E-state index contributed by atoms with van der Waals surface area (Å²) < 4.78 is 34.9. The van der Waals surface area contributed by atoms with E-state index in [9.17, 15) is 8.96 Å². The Morgan fingerprint density at radius 1 is 0.966 bits per heavy atom. The highest BCUT2D eigenvalue weighted by Gasteiger charge is 2.39. The van der Waals surface area contributed by atoms with Gasteiger partial charge < -0.3 is 14.7 Å². The molecule has 152 valence electrons. The van der Waals surface area contributed by atoms with E-state index in [4.69, 9.17) is 4.52 Å². The molecule has 0 aliphatic carbocycles. The molecule has 0 aliphatic rings. The van der Waals surface area contributed by atoms with Gasteiger partial charge in [-0.3, -0.25) is 4.57 Å². The largest absolute Gasteiger partial charge is 0.378 e. The third kappa shape index (κ3) is 4.69. The van der Waals surface area contributed by atoms with Crippen molar-refractivity contribution in [2.75, 3.05) is 30.9 Å². The highest BCUT2D eigenvalue weighted by molar-refractivity contribution is 7.67. The lowest BCUT2D eigenvalue weighted by Crippen LogP contribution is -2.22. The fourth-order valence-corrected chi connectivity index (χ4v) is 5.62. The van der Waals surface area contributed by atoms with Crippen molar-refractivity contribution in [3.63, 3.8) is 0 Å². The predicted octanol–water partition coefficient (Wildman–Crippen LogP) is 5.64. The second-order valence-corrected chi connectivity index (χ2v) is 9.35. The van der Waals surface area contributed by atoms with Gasteiger partial charge >= 0.3 is 0 Å². The number of hydrogen-bond donors (Lipinski definition) is 1. The summed E-state index contributed by atoms with van der Waals surface area (Å²) in [6.45, 7) is 2.04. The normalized spacial score (nSPS) is 14.1. The zero-order valence-electron chi connectivity index (χ0n) is 16.9. The molecule has 0 saturated heterocycles. The van der Waals surface area contributed by atoms with Gasteiger partial charge in [0.2, 0.25) is 0 Å². The first-order valence-electron chi connectivity index (χ1n) is 9.54. The molecule has 0 aromatic heterocycles. The monoisotopic (exact) mass is 412 g/mol. The van der Waals surface area contributed by atoms with Crippen LogP contribution in [-0.4, -0.2) is 20.7 Å².